The molecule has 0 aliphatic carbocycles. The lowest BCUT2D eigenvalue weighted by atomic mass is 9.91. The van der Waals surface area contributed by atoms with Gasteiger partial charge in [0.1, 0.15) is 6.61 Å². The van der Waals surface area contributed by atoms with Crippen molar-refractivity contribution in [3.8, 4) is 0 Å². The van der Waals surface area contributed by atoms with Crippen molar-refractivity contribution in [2.75, 3.05) is 19.8 Å². The van der Waals surface area contributed by atoms with Crippen LogP contribution in [-0.4, -0.2) is 42.9 Å². The maximum atomic E-state index is 11.7. The van der Waals surface area contributed by atoms with E-state index in [0.29, 0.717) is 25.7 Å². The fourth-order valence-electron chi connectivity index (χ4n) is 1.41. The molecule has 128 valence electrons. The molecule has 0 saturated carbocycles. The quantitative estimate of drug-likeness (QED) is 0.448. The van der Waals surface area contributed by atoms with Gasteiger partial charge >= 0.3 is 18.0 Å². The molecule has 0 bridgehead atoms. The van der Waals surface area contributed by atoms with Gasteiger partial charge in [-0.15, -0.1) is 0 Å². The van der Waals surface area contributed by atoms with Gasteiger partial charge in [0, 0.05) is 6.42 Å². The molecule has 2 N–H and O–H groups in total. The molecule has 0 aromatic carbocycles. The highest BCUT2D eigenvalue weighted by Crippen LogP contribution is 2.21. The number of ether oxygens (including phenoxy) is 2. The van der Waals surface area contributed by atoms with Crippen molar-refractivity contribution in [1.82, 2.24) is 5.32 Å². The Morgan fingerprint density at radius 3 is 2.32 bits per heavy atom. The number of carbonyl (C=O) groups excluding carboxylic acids is 2. The number of carboxylic acids is 1. The summed E-state index contributed by atoms with van der Waals surface area (Å²) in [6, 6.07) is 0. The van der Waals surface area contributed by atoms with E-state index in [1.807, 2.05) is 6.92 Å². The van der Waals surface area contributed by atoms with Crippen LogP contribution in [-0.2, 0) is 19.1 Å². The van der Waals surface area contributed by atoms with Gasteiger partial charge in [-0.3, -0.25) is 9.59 Å². The second-order valence-electron chi connectivity index (χ2n) is 5.64. The highest BCUT2D eigenvalue weighted by atomic mass is 16.6. The standard InChI is InChI=1S/C15H27NO6/c1-4-15(2,3)13(19)21-11-9-16-14(20)22-10-7-5-6-8-12(17)18/h4-11H2,1-3H3,(H,16,20)(H,17,18). The molecule has 0 unspecified atom stereocenters. The molecule has 0 aromatic rings. The predicted molar refractivity (Wildman–Crippen MR) is 80.5 cm³/mol. The number of amides is 1. The Morgan fingerprint density at radius 1 is 1.05 bits per heavy atom. The molecule has 1 amide bonds. The van der Waals surface area contributed by atoms with Crippen LogP contribution < -0.4 is 5.32 Å². The normalized spacial score (nSPS) is 10.9. The largest absolute Gasteiger partial charge is 0.481 e. The number of unbranched alkanes of at least 4 members (excludes halogenated alkanes) is 2. The first-order valence-corrected chi connectivity index (χ1v) is 7.59. The number of aliphatic carboxylic acids is 1. The molecule has 0 fully saturated rings. The van der Waals surface area contributed by atoms with Crippen molar-refractivity contribution in [1.29, 1.82) is 0 Å². The minimum absolute atomic E-state index is 0.107. The number of hydrogen-bond donors (Lipinski definition) is 2. The molecule has 7 nitrogen and oxygen atoms in total. The number of carboxylic acid groups (broad SMARTS) is 1. The molecule has 0 heterocycles. The molecule has 0 aliphatic heterocycles. The third-order valence-electron chi connectivity index (χ3n) is 3.31. The van der Waals surface area contributed by atoms with E-state index in [-0.39, 0.29) is 32.1 Å². The van der Waals surface area contributed by atoms with Gasteiger partial charge in [0.2, 0.25) is 0 Å². The van der Waals surface area contributed by atoms with Crippen molar-refractivity contribution in [3.63, 3.8) is 0 Å². The van der Waals surface area contributed by atoms with Gasteiger partial charge in [0.15, 0.2) is 0 Å². The van der Waals surface area contributed by atoms with E-state index in [0.717, 1.165) is 0 Å². The molecule has 22 heavy (non-hydrogen) atoms. The van der Waals surface area contributed by atoms with Crippen LogP contribution in [0, 0.1) is 5.41 Å². The van der Waals surface area contributed by atoms with Gasteiger partial charge in [-0.05, 0) is 39.5 Å². The van der Waals surface area contributed by atoms with Crippen LogP contribution in [0.1, 0.15) is 52.9 Å². The molecule has 0 atom stereocenters. The lowest BCUT2D eigenvalue weighted by Crippen LogP contribution is -2.32. The molecular formula is C15H27NO6. The Kier molecular flexibility index (Phi) is 9.98. The maximum absolute atomic E-state index is 11.7. The zero-order chi connectivity index (χ0) is 17.0. The highest BCUT2D eigenvalue weighted by Gasteiger charge is 2.26. The van der Waals surface area contributed by atoms with Crippen molar-refractivity contribution in [3.05, 3.63) is 0 Å². The second-order valence-corrected chi connectivity index (χ2v) is 5.64. The fraction of sp³-hybridized carbons (Fsp3) is 0.800. The first kappa shape index (κ1) is 20.2. The molecule has 0 radical (unpaired) electrons. The number of rotatable bonds is 11. The maximum Gasteiger partial charge on any atom is 0.407 e. The minimum atomic E-state index is -0.820. The van der Waals surface area contributed by atoms with Crippen LogP contribution in [0.15, 0.2) is 0 Å². The van der Waals surface area contributed by atoms with Crippen LogP contribution in [0.5, 0.6) is 0 Å². The predicted octanol–water partition coefficient (Wildman–Crippen LogP) is 2.34. The average molecular weight is 317 g/mol. The van der Waals surface area contributed by atoms with E-state index >= 15 is 0 Å². The van der Waals surface area contributed by atoms with E-state index in [1.54, 1.807) is 13.8 Å². The summed E-state index contributed by atoms with van der Waals surface area (Å²) in [5.41, 5.74) is -0.517. The van der Waals surface area contributed by atoms with Crippen molar-refractivity contribution in [2.24, 2.45) is 5.41 Å². The van der Waals surface area contributed by atoms with E-state index in [9.17, 15) is 14.4 Å². The molecule has 0 aliphatic rings. The van der Waals surface area contributed by atoms with Gasteiger partial charge in [-0.1, -0.05) is 6.92 Å². The van der Waals surface area contributed by atoms with Gasteiger partial charge in [0.25, 0.3) is 0 Å². The van der Waals surface area contributed by atoms with E-state index in [2.05, 4.69) is 5.32 Å². The Morgan fingerprint density at radius 2 is 1.73 bits per heavy atom. The summed E-state index contributed by atoms with van der Waals surface area (Å²) in [5.74, 6) is -1.11. The zero-order valence-electron chi connectivity index (χ0n) is 13.6. The third-order valence-corrected chi connectivity index (χ3v) is 3.31. The summed E-state index contributed by atoms with van der Waals surface area (Å²) in [5, 5.41) is 10.9. The van der Waals surface area contributed by atoms with Gasteiger partial charge in [-0.25, -0.2) is 4.79 Å². The van der Waals surface area contributed by atoms with Crippen LogP contribution in [0.25, 0.3) is 0 Å². The summed E-state index contributed by atoms with van der Waals surface area (Å²) in [4.78, 5) is 33.3. The van der Waals surface area contributed by atoms with Crippen molar-refractivity contribution < 1.29 is 29.0 Å². The SMILES string of the molecule is CCC(C)(C)C(=O)OCCNC(=O)OCCCCCC(=O)O. The minimum Gasteiger partial charge on any atom is -0.481 e. The Hall–Kier alpha value is -1.79. The molecule has 0 saturated heterocycles. The summed E-state index contributed by atoms with van der Waals surface area (Å²) in [6.07, 6.45) is 2.14. The molecule has 7 heteroatoms. The van der Waals surface area contributed by atoms with Gasteiger partial charge < -0.3 is 19.9 Å². The lowest BCUT2D eigenvalue weighted by molar-refractivity contribution is -0.153. The number of nitrogens with one attached hydrogen (secondary N) is 1. The topological polar surface area (TPSA) is 102 Å². The van der Waals surface area contributed by atoms with Gasteiger partial charge in [0.05, 0.1) is 18.6 Å². The smallest absolute Gasteiger partial charge is 0.407 e. The van der Waals surface area contributed by atoms with E-state index in [4.69, 9.17) is 14.6 Å². The van der Waals surface area contributed by atoms with Gasteiger partial charge in [-0.2, -0.15) is 0 Å². The fourth-order valence-corrected chi connectivity index (χ4v) is 1.41. The average Bonchev–Trinajstić information content (AvgIpc) is 2.46. The third kappa shape index (κ3) is 10.0. The van der Waals surface area contributed by atoms with E-state index < -0.39 is 17.5 Å². The summed E-state index contributed by atoms with van der Waals surface area (Å²) in [6.45, 7) is 6.07. The molecule has 0 spiro atoms. The Balaban J connectivity index is 3.54. The summed E-state index contributed by atoms with van der Waals surface area (Å²) in [7, 11) is 0. The van der Waals surface area contributed by atoms with Crippen LogP contribution >= 0.6 is 0 Å². The van der Waals surface area contributed by atoms with E-state index in [1.165, 1.54) is 0 Å². The number of hydrogen-bond acceptors (Lipinski definition) is 5. The summed E-state index contributed by atoms with van der Waals surface area (Å²) < 4.78 is 9.97. The lowest BCUT2D eigenvalue weighted by Gasteiger charge is -2.20. The monoisotopic (exact) mass is 317 g/mol. The Bertz CT molecular complexity index is 367. The Labute approximate surface area is 131 Å². The van der Waals surface area contributed by atoms with Crippen LogP contribution in [0.2, 0.25) is 0 Å². The highest BCUT2D eigenvalue weighted by molar-refractivity contribution is 5.75. The van der Waals surface area contributed by atoms with Crippen molar-refractivity contribution in [2.45, 2.75) is 52.9 Å². The number of carbonyl (C=O) groups is 3. The zero-order valence-corrected chi connectivity index (χ0v) is 13.6. The first-order valence-electron chi connectivity index (χ1n) is 7.59. The first-order chi connectivity index (χ1) is 10.3. The number of alkyl carbamates (subject to hydrolysis) is 1. The summed E-state index contributed by atoms with van der Waals surface area (Å²) >= 11 is 0. The van der Waals surface area contributed by atoms with Crippen LogP contribution in [0.4, 0.5) is 4.79 Å². The molecule has 0 rings (SSSR count). The second kappa shape index (κ2) is 10.9. The van der Waals surface area contributed by atoms with Crippen molar-refractivity contribution >= 4 is 18.0 Å². The molecule has 0 aromatic heterocycles. The number of esters is 1. The molecular weight excluding hydrogens is 290 g/mol. The van der Waals surface area contributed by atoms with Crippen LogP contribution in [0.3, 0.4) is 0 Å².